The van der Waals surface area contributed by atoms with Crippen molar-refractivity contribution in [2.75, 3.05) is 0 Å². The number of para-hydroxylation sites is 1. The third-order valence-electron chi connectivity index (χ3n) is 3.84. The second-order valence-corrected chi connectivity index (χ2v) is 7.41. The second kappa shape index (κ2) is 8.24. The molecule has 2 aromatic rings. The molecule has 1 saturated heterocycles. The van der Waals surface area contributed by atoms with Crippen molar-refractivity contribution in [3.63, 3.8) is 0 Å². The number of alkyl halides is 3. The van der Waals surface area contributed by atoms with Gasteiger partial charge >= 0.3 is 6.18 Å². The summed E-state index contributed by atoms with van der Waals surface area (Å²) in [6.45, 7) is 0. The fourth-order valence-corrected chi connectivity index (χ4v) is 3.58. The molecule has 0 radical (unpaired) electrons. The molecule has 28 heavy (non-hydrogen) atoms. The Hall–Kier alpha value is -2.52. The minimum absolute atomic E-state index is 0.0153. The minimum atomic E-state index is -4.49. The van der Waals surface area contributed by atoms with Gasteiger partial charge in [-0.15, -0.1) is 5.10 Å². The number of hydrogen-bond acceptors (Lipinski definition) is 5. The fraction of sp³-hybridized carbons (Fsp3) is 0.167. The molecule has 1 unspecified atom stereocenters. The summed E-state index contributed by atoms with van der Waals surface area (Å²) < 4.78 is 38.6. The zero-order valence-electron chi connectivity index (χ0n) is 14.1. The van der Waals surface area contributed by atoms with Crippen LogP contribution in [0.2, 0.25) is 5.02 Å². The number of thioether (sulfide) groups is 1. The lowest BCUT2D eigenvalue weighted by Gasteiger charge is -2.12. The second-order valence-electron chi connectivity index (χ2n) is 5.81. The van der Waals surface area contributed by atoms with Crippen molar-refractivity contribution in [2.24, 2.45) is 10.2 Å². The van der Waals surface area contributed by atoms with Crippen molar-refractivity contribution in [3.05, 3.63) is 64.2 Å². The summed E-state index contributed by atoms with van der Waals surface area (Å²) in [7, 11) is 0. The molecule has 3 rings (SSSR count). The predicted molar refractivity (Wildman–Crippen MR) is 103 cm³/mol. The summed E-state index contributed by atoms with van der Waals surface area (Å²) >= 11 is 7.04. The largest absolute Gasteiger partial charge is 0.507 e. The zero-order valence-corrected chi connectivity index (χ0v) is 15.6. The van der Waals surface area contributed by atoms with E-state index >= 15 is 0 Å². The van der Waals surface area contributed by atoms with Gasteiger partial charge < -0.3 is 10.4 Å². The Morgan fingerprint density at radius 3 is 2.71 bits per heavy atom. The number of carbonyl (C=O) groups is 1. The van der Waals surface area contributed by atoms with Crippen LogP contribution in [0.4, 0.5) is 13.2 Å². The summed E-state index contributed by atoms with van der Waals surface area (Å²) in [4.78, 5) is 12.1. The number of carbonyl (C=O) groups excluding carboxylic acids is 1. The average molecular weight is 428 g/mol. The van der Waals surface area contributed by atoms with E-state index < -0.39 is 22.9 Å². The fourth-order valence-electron chi connectivity index (χ4n) is 2.43. The molecule has 1 atom stereocenters. The van der Waals surface area contributed by atoms with Crippen molar-refractivity contribution >= 4 is 40.7 Å². The van der Waals surface area contributed by atoms with E-state index in [0.29, 0.717) is 5.56 Å². The summed E-state index contributed by atoms with van der Waals surface area (Å²) in [5, 5.41) is 19.6. The predicted octanol–water partition coefficient (Wildman–Crippen LogP) is 4.23. The van der Waals surface area contributed by atoms with E-state index in [1.807, 2.05) is 0 Å². The molecule has 1 amide bonds. The topological polar surface area (TPSA) is 74.0 Å². The van der Waals surface area contributed by atoms with Crippen LogP contribution in [0, 0.1) is 0 Å². The van der Waals surface area contributed by atoms with Gasteiger partial charge in [0, 0.05) is 10.6 Å². The van der Waals surface area contributed by atoms with Gasteiger partial charge in [0.15, 0.2) is 5.17 Å². The van der Waals surface area contributed by atoms with E-state index in [1.165, 1.54) is 18.3 Å². The molecule has 2 aromatic carbocycles. The van der Waals surface area contributed by atoms with Crippen molar-refractivity contribution in [1.29, 1.82) is 0 Å². The quantitative estimate of drug-likeness (QED) is 0.566. The highest BCUT2D eigenvalue weighted by molar-refractivity contribution is 8.15. The van der Waals surface area contributed by atoms with Gasteiger partial charge in [-0.1, -0.05) is 35.5 Å². The van der Waals surface area contributed by atoms with E-state index in [-0.39, 0.29) is 27.9 Å². The lowest BCUT2D eigenvalue weighted by Crippen LogP contribution is -2.26. The highest BCUT2D eigenvalue weighted by Crippen LogP contribution is 2.33. The van der Waals surface area contributed by atoms with Crippen LogP contribution in [-0.2, 0) is 17.4 Å². The van der Waals surface area contributed by atoms with Gasteiger partial charge in [-0.3, -0.25) is 4.79 Å². The van der Waals surface area contributed by atoms with Gasteiger partial charge in [0.1, 0.15) is 5.75 Å². The van der Waals surface area contributed by atoms with Crippen LogP contribution < -0.4 is 5.32 Å². The van der Waals surface area contributed by atoms with Crippen molar-refractivity contribution in [1.82, 2.24) is 5.32 Å². The normalized spacial score (nSPS) is 18.8. The van der Waals surface area contributed by atoms with Gasteiger partial charge in [0.25, 0.3) is 0 Å². The zero-order chi connectivity index (χ0) is 20.3. The highest BCUT2D eigenvalue weighted by Gasteiger charge is 2.34. The van der Waals surface area contributed by atoms with Gasteiger partial charge in [-0.2, -0.15) is 18.3 Å². The lowest BCUT2D eigenvalue weighted by atomic mass is 10.1. The Kier molecular flexibility index (Phi) is 5.95. The molecule has 0 spiro atoms. The van der Waals surface area contributed by atoms with Crippen LogP contribution in [0.3, 0.4) is 0 Å². The summed E-state index contributed by atoms with van der Waals surface area (Å²) in [6, 6.07) is 9.52. The Labute approximate surface area is 167 Å². The Morgan fingerprint density at radius 1 is 1.25 bits per heavy atom. The first-order chi connectivity index (χ1) is 13.2. The Morgan fingerprint density at radius 2 is 2.00 bits per heavy atom. The van der Waals surface area contributed by atoms with E-state index in [2.05, 4.69) is 15.5 Å². The monoisotopic (exact) mass is 427 g/mol. The van der Waals surface area contributed by atoms with E-state index in [1.54, 1.807) is 18.2 Å². The molecule has 2 N–H and O–H groups in total. The van der Waals surface area contributed by atoms with E-state index in [0.717, 1.165) is 23.9 Å². The number of nitrogens with zero attached hydrogens (tertiary/aromatic N) is 2. The molecule has 1 aliphatic rings. The summed E-state index contributed by atoms with van der Waals surface area (Å²) in [5.41, 5.74) is -0.145. The average Bonchev–Trinajstić information content (AvgIpc) is 2.97. The van der Waals surface area contributed by atoms with Gasteiger partial charge in [-0.25, -0.2) is 0 Å². The molecule has 0 aromatic heterocycles. The number of phenols is 1. The highest BCUT2D eigenvalue weighted by atomic mass is 35.5. The number of phenolic OH excluding ortho intramolecular Hbond substituents is 1. The molecule has 5 nitrogen and oxygen atoms in total. The first-order valence-corrected chi connectivity index (χ1v) is 9.22. The van der Waals surface area contributed by atoms with Gasteiger partial charge in [0.05, 0.1) is 17.0 Å². The molecule has 0 bridgehead atoms. The summed E-state index contributed by atoms with van der Waals surface area (Å²) in [5.74, 6) is -0.360. The van der Waals surface area contributed by atoms with Crippen molar-refractivity contribution in [2.45, 2.75) is 17.8 Å². The maximum Gasteiger partial charge on any atom is 0.416 e. The van der Waals surface area contributed by atoms with Gasteiger partial charge in [-0.05, 0) is 42.3 Å². The standard InChI is InChI=1S/C18H13ClF3N3O2S/c19-13-6-5-12(18(20,21)22)7-11(13)8-15-16(27)24-17(28-15)25-23-9-10-3-1-2-4-14(10)26/h1-7,9,15,26H,8H2,(H,24,25,27)/b23-9+. The van der Waals surface area contributed by atoms with Crippen LogP contribution in [-0.4, -0.2) is 27.6 Å². The minimum Gasteiger partial charge on any atom is -0.507 e. The van der Waals surface area contributed by atoms with Crippen LogP contribution in [0.15, 0.2) is 52.7 Å². The maximum atomic E-state index is 12.9. The number of amidine groups is 1. The third-order valence-corrected chi connectivity index (χ3v) is 5.28. The van der Waals surface area contributed by atoms with E-state index in [4.69, 9.17) is 11.6 Å². The van der Waals surface area contributed by atoms with Crippen LogP contribution in [0.25, 0.3) is 0 Å². The van der Waals surface area contributed by atoms with Crippen LogP contribution in [0.5, 0.6) is 5.75 Å². The van der Waals surface area contributed by atoms with Crippen LogP contribution >= 0.6 is 23.4 Å². The number of rotatable bonds is 4. The Bertz CT molecular complexity index is 963. The van der Waals surface area contributed by atoms with Gasteiger partial charge in [0.2, 0.25) is 5.91 Å². The number of aromatic hydroxyl groups is 1. The third kappa shape index (κ3) is 4.85. The molecule has 1 fully saturated rings. The van der Waals surface area contributed by atoms with Crippen molar-refractivity contribution < 1.29 is 23.1 Å². The number of benzene rings is 2. The number of amides is 1. The Balaban J connectivity index is 1.71. The molecule has 0 saturated carbocycles. The molecule has 0 aliphatic carbocycles. The lowest BCUT2D eigenvalue weighted by molar-refractivity contribution is -0.137. The first-order valence-electron chi connectivity index (χ1n) is 7.96. The molecule has 146 valence electrons. The molecular weight excluding hydrogens is 415 g/mol. The van der Waals surface area contributed by atoms with Crippen molar-refractivity contribution in [3.8, 4) is 5.75 Å². The molecule has 1 aliphatic heterocycles. The molecular formula is C18H13ClF3N3O2S. The number of halogens is 4. The first kappa shape index (κ1) is 20.2. The van der Waals surface area contributed by atoms with E-state index in [9.17, 15) is 23.1 Å². The summed E-state index contributed by atoms with van der Waals surface area (Å²) in [6.07, 6.45) is -3.15. The SMILES string of the molecule is O=C1N/C(=N\N=C\c2ccccc2O)SC1Cc1cc(C(F)(F)F)ccc1Cl. The molecule has 1 heterocycles. The molecule has 10 heteroatoms. The maximum absolute atomic E-state index is 12.9. The van der Waals surface area contributed by atoms with Crippen LogP contribution in [0.1, 0.15) is 16.7 Å². The number of hydrogen-bond donors (Lipinski definition) is 2. The smallest absolute Gasteiger partial charge is 0.416 e. The number of nitrogens with one attached hydrogen (secondary N) is 1.